The van der Waals surface area contributed by atoms with Gasteiger partial charge in [-0.15, -0.1) is 0 Å². The number of hydrogen-bond acceptors (Lipinski definition) is 6. The molecule has 4 rings (SSSR count). The lowest BCUT2D eigenvalue weighted by Crippen LogP contribution is -2.50. The van der Waals surface area contributed by atoms with E-state index in [4.69, 9.17) is 21.3 Å². The largest absolute Gasteiger partial charge is 0.441 e. The van der Waals surface area contributed by atoms with Crippen LogP contribution in [0.4, 0.5) is 0 Å². The summed E-state index contributed by atoms with van der Waals surface area (Å²) in [6.45, 7) is 1.06. The van der Waals surface area contributed by atoms with Crippen LogP contribution in [0.5, 0.6) is 0 Å². The summed E-state index contributed by atoms with van der Waals surface area (Å²) in [5, 5.41) is 9.51. The first-order chi connectivity index (χ1) is 15.9. The molecule has 33 heavy (non-hydrogen) atoms. The number of oxazole rings is 1. The van der Waals surface area contributed by atoms with Gasteiger partial charge in [-0.05, 0) is 48.5 Å². The molecule has 1 aliphatic heterocycles. The van der Waals surface area contributed by atoms with Crippen LogP contribution in [0.15, 0.2) is 64.0 Å². The van der Waals surface area contributed by atoms with E-state index >= 15 is 0 Å². The zero-order chi connectivity index (χ0) is 23.4. The second-order valence-corrected chi connectivity index (χ2v) is 9.92. The smallest absolute Gasteiger partial charge is 0.243 e. The molecule has 1 saturated heterocycles. The number of aromatic nitrogens is 1. The normalized spacial score (nSPS) is 14.7. The van der Waals surface area contributed by atoms with Gasteiger partial charge in [0.15, 0.2) is 11.7 Å². The SMILES string of the molecule is N#Cc1ccc(S(=O)(=O)N2CCN(C(=O)CCc3ncc(-c4ccc(Cl)cc4)o3)CC2)cc1. The molecule has 2 heterocycles. The van der Waals surface area contributed by atoms with Gasteiger partial charge < -0.3 is 9.32 Å². The molecule has 0 aliphatic carbocycles. The second kappa shape index (κ2) is 9.75. The molecule has 0 radical (unpaired) electrons. The van der Waals surface area contributed by atoms with E-state index in [0.29, 0.717) is 41.7 Å². The van der Waals surface area contributed by atoms with E-state index in [9.17, 15) is 13.2 Å². The molecular formula is C23H21ClN4O4S. The third-order valence-electron chi connectivity index (χ3n) is 5.45. The van der Waals surface area contributed by atoms with Crippen LogP contribution in [0, 0.1) is 11.3 Å². The fraction of sp³-hybridized carbons (Fsp3) is 0.261. The molecule has 1 aromatic heterocycles. The van der Waals surface area contributed by atoms with Crippen LogP contribution in [0.2, 0.25) is 5.02 Å². The summed E-state index contributed by atoms with van der Waals surface area (Å²) in [4.78, 5) is 18.7. The van der Waals surface area contributed by atoms with Gasteiger partial charge in [-0.2, -0.15) is 9.57 Å². The number of carbonyl (C=O) groups excluding carboxylic acids is 1. The number of sulfonamides is 1. The highest BCUT2D eigenvalue weighted by atomic mass is 35.5. The molecule has 0 saturated carbocycles. The van der Waals surface area contributed by atoms with Gasteiger partial charge in [-0.3, -0.25) is 4.79 Å². The summed E-state index contributed by atoms with van der Waals surface area (Å²) < 4.78 is 32.8. The van der Waals surface area contributed by atoms with Crippen molar-refractivity contribution >= 4 is 27.5 Å². The van der Waals surface area contributed by atoms with Gasteiger partial charge in [0, 0.05) is 49.6 Å². The summed E-state index contributed by atoms with van der Waals surface area (Å²) in [5.41, 5.74) is 1.25. The number of amides is 1. The van der Waals surface area contributed by atoms with Crippen molar-refractivity contribution < 1.29 is 17.6 Å². The fourth-order valence-corrected chi connectivity index (χ4v) is 5.12. The average Bonchev–Trinajstić information content (AvgIpc) is 3.32. The van der Waals surface area contributed by atoms with Crippen molar-refractivity contribution in [3.05, 3.63) is 71.2 Å². The Morgan fingerprint density at radius 1 is 1.06 bits per heavy atom. The Bertz CT molecular complexity index is 1270. The van der Waals surface area contributed by atoms with Gasteiger partial charge in [0.1, 0.15) is 0 Å². The first kappa shape index (κ1) is 23.0. The van der Waals surface area contributed by atoms with Gasteiger partial charge in [0.2, 0.25) is 15.9 Å². The second-order valence-electron chi connectivity index (χ2n) is 7.55. The number of hydrogen-bond donors (Lipinski definition) is 0. The summed E-state index contributed by atoms with van der Waals surface area (Å²) in [5.74, 6) is 1.00. The van der Waals surface area contributed by atoms with Gasteiger partial charge in [0.25, 0.3) is 0 Å². The van der Waals surface area contributed by atoms with Crippen molar-refractivity contribution in [3.8, 4) is 17.4 Å². The van der Waals surface area contributed by atoms with Crippen LogP contribution in [0.1, 0.15) is 17.9 Å². The molecule has 10 heteroatoms. The number of nitriles is 1. The Labute approximate surface area is 197 Å². The minimum atomic E-state index is -3.67. The van der Waals surface area contributed by atoms with E-state index in [1.54, 1.807) is 23.2 Å². The Morgan fingerprint density at radius 3 is 2.36 bits per heavy atom. The van der Waals surface area contributed by atoms with Gasteiger partial charge in [-0.25, -0.2) is 13.4 Å². The van der Waals surface area contributed by atoms with Crippen molar-refractivity contribution in [3.63, 3.8) is 0 Å². The van der Waals surface area contributed by atoms with Crippen molar-refractivity contribution in [2.75, 3.05) is 26.2 Å². The molecule has 0 N–H and O–H groups in total. The van der Waals surface area contributed by atoms with E-state index in [1.165, 1.54) is 28.6 Å². The van der Waals surface area contributed by atoms with Crippen LogP contribution in [-0.2, 0) is 21.2 Å². The van der Waals surface area contributed by atoms with E-state index in [2.05, 4.69) is 4.98 Å². The number of halogens is 1. The maximum absolute atomic E-state index is 12.8. The summed E-state index contributed by atoms with van der Waals surface area (Å²) in [7, 11) is -3.67. The van der Waals surface area contributed by atoms with Gasteiger partial charge >= 0.3 is 0 Å². The molecule has 0 atom stereocenters. The minimum Gasteiger partial charge on any atom is -0.441 e. The third kappa shape index (κ3) is 5.25. The van der Waals surface area contributed by atoms with E-state index in [-0.39, 0.29) is 30.3 Å². The van der Waals surface area contributed by atoms with Crippen molar-refractivity contribution in [1.29, 1.82) is 5.26 Å². The van der Waals surface area contributed by atoms with E-state index in [1.807, 2.05) is 18.2 Å². The Balaban J connectivity index is 1.30. The van der Waals surface area contributed by atoms with Crippen LogP contribution in [-0.4, -0.2) is 54.7 Å². The average molecular weight is 485 g/mol. The molecule has 0 spiro atoms. The van der Waals surface area contributed by atoms with Gasteiger partial charge in [0.05, 0.1) is 22.7 Å². The van der Waals surface area contributed by atoms with Crippen LogP contribution in [0.3, 0.4) is 0 Å². The standard InChI is InChI=1S/C23H21ClN4O4S/c24-19-5-3-18(4-6-19)21-16-26-22(32-21)9-10-23(29)27-11-13-28(14-12-27)33(30,31)20-7-1-17(15-25)2-8-20/h1-8,16H,9-14H2. The lowest BCUT2D eigenvalue weighted by Gasteiger charge is -2.34. The monoisotopic (exact) mass is 484 g/mol. The van der Waals surface area contributed by atoms with Crippen LogP contribution >= 0.6 is 11.6 Å². The molecule has 1 amide bonds. The molecule has 170 valence electrons. The Kier molecular flexibility index (Phi) is 6.79. The highest BCUT2D eigenvalue weighted by molar-refractivity contribution is 7.89. The summed E-state index contributed by atoms with van der Waals surface area (Å²) in [6, 6.07) is 15.0. The van der Waals surface area contributed by atoms with Crippen molar-refractivity contribution in [2.45, 2.75) is 17.7 Å². The maximum atomic E-state index is 12.8. The topological polar surface area (TPSA) is 108 Å². The number of piperazine rings is 1. The lowest BCUT2D eigenvalue weighted by atomic mass is 10.2. The Morgan fingerprint density at radius 2 is 1.73 bits per heavy atom. The number of benzene rings is 2. The van der Waals surface area contributed by atoms with Crippen LogP contribution in [0.25, 0.3) is 11.3 Å². The third-order valence-corrected chi connectivity index (χ3v) is 7.61. The highest BCUT2D eigenvalue weighted by Crippen LogP contribution is 2.23. The fourth-order valence-electron chi connectivity index (χ4n) is 3.57. The highest BCUT2D eigenvalue weighted by Gasteiger charge is 2.30. The molecule has 2 aromatic carbocycles. The van der Waals surface area contributed by atoms with Gasteiger partial charge in [-0.1, -0.05) is 11.6 Å². The number of carbonyl (C=O) groups is 1. The van der Waals surface area contributed by atoms with Crippen molar-refractivity contribution in [1.82, 2.24) is 14.2 Å². The number of nitrogens with zero attached hydrogens (tertiary/aromatic N) is 4. The molecule has 1 aliphatic rings. The first-order valence-corrected chi connectivity index (χ1v) is 12.2. The van der Waals surface area contributed by atoms with Crippen molar-refractivity contribution in [2.24, 2.45) is 0 Å². The van der Waals surface area contributed by atoms with E-state index in [0.717, 1.165) is 5.56 Å². The number of aryl methyl sites for hydroxylation is 1. The maximum Gasteiger partial charge on any atom is 0.243 e. The lowest BCUT2D eigenvalue weighted by molar-refractivity contribution is -0.132. The van der Waals surface area contributed by atoms with Crippen LogP contribution < -0.4 is 0 Å². The predicted molar refractivity (Wildman–Crippen MR) is 122 cm³/mol. The summed E-state index contributed by atoms with van der Waals surface area (Å²) >= 11 is 5.90. The molecule has 1 fully saturated rings. The zero-order valence-electron chi connectivity index (χ0n) is 17.6. The molecule has 8 nitrogen and oxygen atoms in total. The molecule has 0 bridgehead atoms. The zero-order valence-corrected chi connectivity index (χ0v) is 19.2. The molecule has 3 aromatic rings. The molecular weight excluding hydrogens is 464 g/mol. The summed E-state index contributed by atoms with van der Waals surface area (Å²) in [6.07, 6.45) is 2.20. The predicted octanol–water partition coefficient (Wildman–Crippen LogP) is 3.33. The minimum absolute atomic E-state index is 0.0725. The number of rotatable bonds is 6. The quantitative estimate of drug-likeness (QED) is 0.531. The molecule has 0 unspecified atom stereocenters. The van der Waals surface area contributed by atoms with E-state index < -0.39 is 10.0 Å². The first-order valence-electron chi connectivity index (χ1n) is 10.4. The Hall–Kier alpha value is -3.19.